The molecule has 0 aliphatic rings. The summed E-state index contributed by atoms with van der Waals surface area (Å²) >= 11 is 0. The van der Waals surface area contributed by atoms with Crippen LogP contribution < -0.4 is 5.73 Å². The molecule has 0 saturated heterocycles. The lowest BCUT2D eigenvalue weighted by Gasteiger charge is -2.15. The van der Waals surface area contributed by atoms with E-state index in [0.717, 1.165) is 6.42 Å². The average Bonchev–Trinajstić information content (AvgIpc) is 2.18. The van der Waals surface area contributed by atoms with Crippen LogP contribution in [-0.2, 0) is 0 Å². The molecule has 4 N–H and O–H groups in total. The smallest absolute Gasteiger partial charge is 0.0297 e. The average molecular weight is 209 g/mol. The second-order valence-electron chi connectivity index (χ2n) is 4.04. The number of hydrogen-bond acceptors (Lipinski definition) is 1. The number of hydrogen-bond donors (Lipinski definition) is 1. The van der Waals surface area contributed by atoms with Crippen molar-refractivity contribution in [1.29, 1.82) is 0 Å². The van der Waals surface area contributed by atoms with E-state index in [-0.39, 0.29) is 11.5 Å². The topological polar surface area (TPSA) is 57.5 Å². The van der Waals surface area contributed by atoms with Gasteiger partial charge in [-0.1, -0.05) is 38.0 Å². The summed E-state index contributed by atoms with van der Waals surface area (Å²) in [6.07, 6.45) is 3.54. The minimum Gasteiger partial charge on any atom is -0.412 e. The molecule has 86 valence electrons. The monoisotopic (exact) mass is 209 g/mol. The van der Waals surface area contributed by atoms with Gasteiger partial charge in [0.25, 0.3) is 0 Å². The first-order valence-corrected chi connectivity index (χ1v) is 5.48. The number of unbranched alkanes of at least 4 members (excludes halogenated alkanes) is 1. The molecule has 2 heteroatoms. The van der Waals surface area contributed by atoms with E-state index < -0.39 is 0 Å². The Morgan fingerprint density at radius 3 is 2.53 bits per heavy atom. The van der Waals surface area contributed by atoms with E-state index in [4.69, 9.17) is 5.73 Å². The predicted molar refractivity (Wildman–Crippen MR) is 66.0 cm³/mol. The molecule has 1 aromatic carbocycles. The van der Waals surface area contributed by atoms with Gasteiger partial charge in [0.05, 0.1) is 0 Å². The first-order chi connectivity index (χ1) is 6.66. The summed E-state index contributed by atoms with van der Waals surface area (Å²) in [6.45, 7) is 6.51. The summed E-state index contributed by atoms with van der Waals surface area (Å²) in [5, 5.41) is 0. The maximum absolute atomic E-state index is 6.15. The summed E-state index contributed by atoms with van der Waals surface area (Å²) in [5.74, 6) is 0. The fourth-order valence-corrected chi connectivity index (χ4v) is 1.76. The van der Waals surface area contributed by atoms with Crippen LogP contribution in [-0.4, -0.2) is 5.48 Å². The third-order valence-corrected chi connectivity index (χ3v) is 2.91. The van der Waals surface area contributed by atoms with Gasteiger partial charge in [0.1, 0.15) is 0 Å². The molecule has 0 heterocycles. The standard InChI is InChI=1S/C13H21N.H2O/c1-4-5-9-13(14)12-8-6-7-10(2)11(12)3;/h6-8,13H,4-5,9,14H2,1-3H3;1H2. The normalized spacial score (nSPS) is 12.0. The third-order valence-electron chi connectivity index (χ3n) is 2.91. The third kappa shape index (κ3) is 3.65. The van der Waals surface area contributed by atoms with E-state index in [1.807, 2.05) is 0 Å². The van der Waals surface area contributed by atoms with Crippen LogP contribution in [0.25, 0.3) is 0 Å². The van der Waals surface area contributed by atoms with Crippen LogP contribution in [0.15, 0.2) is 18.2 Å². The highest BCUT2D eigenvalue weighted by molar-refractivity contribution is 5.35. The van der Waals surface area contributed by atoms with Crippen LogP contribution in [0.5, 0.6) is 0 Å². The summed E-state index contributed by atoms with van der Waals surface area (Å²) < 4.78 is 0. The zero-order valence-electron chi connectivity index (χ0n) is 10.0. The maximum Gasteiger partial charge on any atom is 0.0297 e. The van der Waals surface area contributed by atoms with E-state index in [1.54, 1.807) is 0 Å². The Balaban J connectivity index is 0.00000196. The number of aryl methyl sites for hydroxylation is 1. The van der Waals surface area contributed by atoms with Gasteiger partial charge in [0.2, 0.25) is 0 Å². The summed E-state index contributed by atoms with van der Waals surface area (Å²) in [4.78, 5) is 0. The predicted octanol–water partition coefficient (Wildman–Crippen LogP) is 2.67. The van der Waals surface area contributed by atoms with Crippen molar-refractivity contribution in [3.05, 3.63) is 34.9 Å². The molecule has 0 fully saturated rings. The molecule has 0 aliphatic carbocycles. The van der Waals surface area contributed by atoms with Crippen molar-refractivity contribution < 1.29 is 5.48 Å². The first kappa shape index (κ1) is 14.1. The van der Waals surface area contributed by atoms with Crippen molar-refractivity contribution >= 4 is 0 Å². The lowest BCUT2D eigenvalue weighted by Crippen LogP contribution is -2.12. The molecule has 1 unspecified atom stereocenters. The molecule has 0 amide bonds. The van der Waals surface area contributed by atoms with Gasteiger partial charge >= 0.3 is 0 Å². The lowest BCUT2D eigenvalue weighted by molar-refractivity contribution is 0.600. The molecule has 1 aromatic rings. The van der Waals surface area contributed by atoms with Gasteiger partial charge in [-0.3, -0.25) is 0 Å². The Bertz CT molecular complexity index is 297. The highest BCUT2D eigenvalue weighted by Crippen LogP contribution is 2.22. The zero-order valence-corrected chi connectivity index (χ0v) is 10.0. The van der Waals surface area contributed by atoms with Gasteiger partial charge in [-0.25, -0.2) is 0 Å². The van der Waals surface area contributed by atoms with Crippen LogP contribution in [0.3, 0.4) is 0 Å². The molecular formula is C13H23NO. The number of nitrogens with two attached hydrogens (primary N) is 1. The molecule has 0 aliphatic heterocycles. The number of benzene rings is 1. The van der Waals surface area contributed by atoms with Gasteiger partial charge in [-0.15, -0.1) is 0 Å². The van der Waals surface area contributed by atoms with Crippen LogP contribution in [0.2, 0.25) is 0 Å². The van der Waals surface area contributed by atoms with E-state index in [0.29, 0.717) is 0 Å². The van der Waals surface area contributed by atoms with Crippen molar-refractivity contribution in [2.24, 2.45) is 5.73 Å². The van der Waals surface area contributed by atoms with Crippen LogP contribution in [0.4, 0.5) is 0 Å². The maximum atomic E-state index is 6.15. The molecule has 1 rings (SSSR count). The van der Waals surface area contributed by atoms with Crippen LogP contribution >= 0.6 is 0 Å². The van der Waals surface area contributed by atoms with E-state index in [2.05, 4.69) is 39.0 Å². The molecule has 2 nitrogen and oxygen atoms in total. The SMILES string of the molecule is CCCCC(N)c1cccc(C)c1C.O. The van der Waals surface area contributed by atoms with Crippen LogP contribution in [0.1, 0.15) is 48.9 Å². The molecule has 0 bridgehead atoms. The van der Waals surface area contributed by atoms with Gasteiger partial charge in [-0.05, 0) is 37.0 Å². The van der Waals surface area contributed by atoms with Crippen molar-refractivity contribution in [1.82, 2.24) is 0 Å². The van der Waals surface area contributed by atoms with E-state index in [9.17, 15) is 0 Å². The molecular weight excluding hydrogens is 186 g/mol. The summed E-state index contributed by atoms with van der Waals surface area (Å²) in [5.41, 5.74) is 10.2. The molecule has 1 atom stereocenters. The molecule has 0 saturated carbocycles. The quantitative estimate of drug-likeness (QED) is 0.814. The van der Waals surface area contributed by atoms with Crippen LogP contribution in [0, 0.1) is 13.8 Å². The highest BCUT2D eigenvalue weighted by Gasteiger charge is 2.08. The highest BCUT2D eigenvalue weighted by atomic mass is 16.0. The molecule has 0 spiro atoms. The van der Waals surface area contributed by atoms with Gasteiger partial charge in [0, 0.05) is 6.04 Å². The van der Waals surface area contributed by atoms with Crippen molar-refractivity contribution in [3.63, 3.8) is 0 Å². The fraction of sp³-hybridized carbons (Fsp3) is 0.538. The van der Waals surface area contributed by atoms with E-state index >= 15 is 0 Å². The lowest BCUT2D eigenvalue weighted by atomic mass is 9.95. The zero-order chi connectivity index (χ0) is 10.6. The van der Waals surface area contributed by atoms with E-state index in [1.165, 1.54) is 29.5 Å². The Labute approximate surface area is 92.8 Å². The van der Waals surface area contributed by atoms with Crippen molar-refractivity contribution in [2.45, 2.75) is 46.1 Å². The summed E-state index contributed by atoms with van der Waals surface area (Å²) in [7, 11) is 0. The Kier molecular flexibility index (Phi) is 6.21. The van der Waals surface area contributed by atoms with Gasteiger partial charge in [-0.2, -0.15) is 0 Å². The molecule has 0 aromatic heterocycles. The van der Waals surface area contributed by atoms with Gasteiger partial charge < -0.3 is 11.2 Å². The Morgan fingerprint density at radius 1 is 1.27 bits per heavy atom. The molecule has 15 heavy (non-hydrogen) atoms. The van der Waals surface area contributed by atoms with Crippen molar-refractivity contribution in [3.8, 4) is 0 Å². The summed E-state index contributed by atoms with van der Waals surface area (Å²) in [6, 6.07) is 6.62. The van der Waals surface area contributed by atoms with Crippen molar-refractivity contribution in [2.75, 3.05) is 0 Å². The van der Waals surface area contributed by atoms with Gasteiger partial charge in [0.15, 0.2) is 0 Å². The minimum absolute atomic E-state index is 0. The second-order valence-corrected chi connectivity index (χ2v) is 4.04. The Morgan fingerprint density at radius 2 is 1.93 bits per heavy atom. The number of rotatable bonds is 4. The largest absolute Gasteiger partial charge is 0.412 e. The minimum atomic E-state index is 0. The fourth-order valence-electron chi connectivity index (χ4n) is 1.76. The molecule has 0 radical (unpaired) electrons. The second kappa shape index (κ2) is 6.59. The first-order valence-electron chi connectivity index (χ1n) is 5.48. The Hall–Kier alpha value is -0.860.